The third-order valence-corrected chi connectivity index (χ3v) is 8.58. The van der Waals surface area contributed by atoms with Gasteiger partial charge in [-0.05, 0) is 60.2 Å². The Labute approximate surface area is 257 Å². The van der Waals surface area contributed by atoms with E-state index in [9.17, 15) is 17.6 Å². The Bertz CT molecular complexity index is 2180. The number of hydrogen-bond acceptors (Lipinski definition) is 9. The van der Waals surface area contributed by atoms with E-state index < -0.39 is 21.7 Å². The molecule has 3 heterocycles. The number of rotatable bonds is 8. The fourth-order valence-corrected chi connectivity index (χ4v) is 5.63. The fraction of sp³-hybridized carbons (Fsp3) is 0.156. The van der Waals surface area contributed by atoms with Gasteiger partial charge in [0.1, 0.15) is 22.7 Å². The van der Waals surface area contributed by atoms with Crippen LogP contribution in [0.15, 0.2) is 75.7 Å². The SMILES string of the molecule is CNC(=O)c1c(-c2ccc(F)cc2)oc2cc(N(C)S(C)(=O)=O)c(-c3cc(OC)c(OC)c(-c4nc5cccnc5o4)c3)cc12. The zero-order valence-electron chi connectivity index (χ0n) is 24.8. The molecule has 0 spiro atoms. The van der Waals surface area contributed by atoms with Gasteiger partial charge in [-0.2, -0.15) is 0 Å². The minimum Gasteiger partial charge on any atom is -0.493 e. The average Bonchev–Trinajstić information content (AvgIpc) is 3.64. The zero-order valence-corrected chi connectivity index (χ0v) is 25.7. The highest BCUT2D eigenvalue weighted by Gasteiger charge is 2.27. The minimum absolute atomic E-state index is 0.194. The highest BCUT2D eigenvalue weighted by atomic mass is 32.2. The number of benzene rings is 3. The molecule has 1 N–H and O–H groups in total. The van der Waals surface area contributed by atoms with Crippen LogP contribution in [0.4, 0.5) is 10.1 Å². The van der Waals surface area contributed by atoms with E-state index in [-0.39, 0.29) is 28.5 Å². The summed E-state index contributed by atoms with van der Waals surface area (Å²) < 4.78 is 64.1. The predicted molar refractivity (Wildman–Crippen MR) is 168 cm³/mol. The van der Waals surface area contributed by atoms with E-state index in [0.29, 0.717) is 50.4 Å². The third kappa shape index (κ3) is 5.20. The molecule has 13 heteroatoms. The number of ether oxygens (including phenoxy) is 2. The number of carbonyl (C=O) groups is 1. The number of anilines is 1. The van der Waals surface area contributed by atoms with Crippen molar-refractivity contribution < 1.29 is 35.9 Å². The van der Waals surface area contributed by atoms with Gasteiger partial charge in [-0.3, -0.25) is 9.10 Å². The molecule has 0 bridgehead atoms. The molecular weight excluding hydrogens is 603 g/mol. The number of amides is 1. The second kappa shape index (κ2) is 11.2. The largest absolute Gasteiger partial charge is 0.493 e. The van der Waals surface area contributed by atoms with Crippen molar-refractivity contribution in [2.45, 2.75) is 0 Å². The van der Waals surface area contributed by atoms with Crippen molar-refractivity contribution in [2.24, 2.45) is 0 Å². The smallest absolute Gasteiger partial charge is 0.255 e. The van der Waals surface area contributed by atoms with Gasteiger partial charge in [-0.25, -0.2) is 22.8 Å². The van der Waals surface area contributed by atoms with Crippen molar-refractivity contribution >= 4 is 43.8 Å². The summed E-state index contributed by atoms with van der Waals surface area (Å²) in [5.41, 5.74) is 3.34. The first-order chi connectivity index (χ1) is 21.5. The van der Waals surface area contributed by atoms with E-state index >= 15 is 0 Å². The first-order valence-electron chi connectivity index (χ1n) is 13.5. The Balaban J connectivity index is 1.68. The first-order valence-corrected chi connectivity index (χ1v) is 15.4. The number of hydrogen-bond donors (Lipinski definition) is 1. The van der Waals surface area contributed by atoms with Gasteiger partial charge in [-0.1, -0.05) is 0 Å². The highest BCUT2D eigenvalue weighted by Crippen LogP contribution is 2.46. The molecule has 0 aliphatic rings. The van der Waals surface area contributed by atoms with Crippen molar-refractivity contribution in [2.75, 3.05) is 38.9 Å². The standard InChI is InChI=1S/C32H27FN4O7S/c1-34-30(38)27-21-15-20(24(37(2)45(5,39)40)16-25(21)43-28(27)17-8-10-19(33)11-9-17)18-13-22(29(42-4)26(14-18)41-3)31-36-23-7-6-12-35-32(23)44-31/h6-16H,1-5H3,(H,34,38). The summed E-state index contributed by atoms with van der Waals surface area (Å²) in [5, 5.41) is 3.04. The van der Waals surface area contributed by atoms with E-state index in [1.807, 2.05) is 0 Å². The molecule has 0 saturated carbocycles. The van der Waals surface area contributed by atoms with Crippen LogP contribution < -0.4 is 19.1 Å². The van der Waals surface area contributed by atoms with Crippen LogP contribution in [-0.2, 0) is 10.0 Å². The summed E-state index contributed by atoms with van der Waals surface area (Å²) in [7, 11) is 2.08. The number of carbonyl (C=O) groups excluding carboxylic acids is 1. The van der Waals surface area contributed by atoms with Crippen molar-refractivity contribution in [1.29, 1.82) is 0 Å². The van der Waals surface area contributed by atoms with Crippen LogP contribution in [0, 0.1) is 5.82 Å². The number of halogens is 1. The molecule has 3 aromatic carbocycles. The van der Waals surface area contributed by atoms with E-state index in [1.165, 1.54) is 52.6 Å². The molecule has 0 aliphatic heterocycles. The van der Waals surface area contributed by atoms with Gasteiger partial charge in [0.25, 0.3) is 5.91 Å². The fourth-order valence-electron chi connectivity index (χ4n) is 5.12. The maximum absolute atomic E-state index is 13.8. The molecule has 45 heavy (non-hydrogen) atoms. The quantitative estimate of drug-likeness (QED) is 0.219. The summed E-state index contributed by atoms with van der Waals surface area (Å²) in [6, 6.07) is 15.7. The third-order valence-electron chi connectivity index (χ3n) is 7.39. The molecule has 6 rings (SSSR count). The number of aromatic nitrogens is 2. The summed E-state index contributed by atoms with van der Waals surface area (Å²) in [5.74, 6) is 0.151. The monoisotopic (exact) mass is 630 g/mol. The van der Waals surface area contributed by atoms with Gasteiger partial charge in [0.05, 0.1) is 37.3 Å². The van der Waals surface area contributed by atoms with Crippen molar-refractivity contribution in [1.82, 2.24) is 15.3 Å². The van der Waals surface area contributed by atoms with Gasteiger partial charge in [0.2, 0.25) is 21.6 Å². The molecule has 0 fully saturated rings. The maximum Gasteiger partial charge on any atom is 0.255 e. The number of methoxy groups -OCH3 is 2. The number of pyridine rings is 1. The lowest BCUT2D eigenvalue weighted by Gasteiger charge is -2.22. The lowest BCUT2D eigenvalue weighted by atomic mass is 9.96. The van der Waals surface area contributed by atoms with Crippen LogP contribution in [0.3, 0.4) is 0 Å². The van der Waals surface area contributed by atoms with Crippen molar-refractivity contribution in [3.63, 3.8) is 0 Å². The number of nitrogens with one attached hydrogen (secondary N) is 1. The predicted octanol–water partition coefficient (Wildman–Crippen LogP) is 5.88. The molecule has 11 nitrogen and oxygen atoms in total. The van der Waals surface area contributed by atoms with E-state index in [0.717, 1.165) is 10.6 Å². The van der Waals surface area contributed by atoms with Gasteiger partial charge in [0.15, 0.2) is 11.5 Å². The number of furan rings is 1. The molecule has 0 aliphatic carbocycles. The summed E-state index contributed by atoms with van der Waals surface area (Å²) >= 11 is 0. The Kier molecular flexibility index (Phi) is 7.41. The van der Waals surface area contributed by atoms with Crippen molar-refractivity contribution in [3.8, 4) is 45.4 Å². The molecule has 0 saturated heterocycles. The van der Waals surface area contributed by atoms with E-state index in [1.54, 1.807) is 42.6 Å². The lowest BCUT2D eigenvalue weighted by Crippen LogP contribution is -2.25. The molecule has 0 unspecified atom stereocenters. The maximum atomic E-state index is 13.8. The molecule has 3 aromatic heterocycles. The van der Waals surface area contributed by atoms with Gasteiger partial charge >= 0.3 is 0 Å². The van der Waals surface area contributed by atoms with Crippen LogP contribution in [-0.4, -0.2) is 58.9 Å². The number of oxazole rings is 1. The van der Waals surface area contributed by atoms with Crippen LogP contribution in [0.5, 0.6) is 11.5 Å². The van der Waals surface area contributed by atoms with E-state index in [4.69, 9.17) is 18.3 Å². The van der Waals surface area contributed by atoms with Crippen LogP contribution in [0.2, 0.25) is 0 Å². The minimum atomic E-state index is -3.77. The molecule has 0 atom stereocenters. The Morgan fingerprint density at radius 1 is 0.978 bits per heavy atom. The second-order valence-corrected chi connectivity index (χ2v) is 12.1. The highest BCUT2D eigenvalue weighted by molar-refractivity contribution is 7.92. The van der Waals surface area contributed by atoms with Gasteiger partial charge in [0, 0.05) is 42.9 Å². The number of sulfonamides is 1. The van der Waals surface area contributed by atoms with E-state index in [2.05, 4.69) is 15.3 Å². The molecule has 230 valence electrons. The summed E-state index contributed by atoms with van der Waals surface area (Å²) in [6.45, 7) is 0. The normalized spacial score (nSPS) is 11.6. The molecule has 0 radical (unpaired) electrons. The van der Waals surface area contributed by atoms with Gasteiger partial charge < -0.3 is 23.6 Å². The zero-order chi connectivity index (χ0) is 32.0. The van der Waals surface area contributed by atoms with Crippen LogP contribution >= 0.6 is 0 Å². The Hall–Kier alpha value is -5.43. The van der Waals surface area contributed by atoms with Crippen LogP contribution in [0.1, 0.15) is 10.4 Å². The average molecular weight is 631 g/mol. The van der Waals surface area contributed by atoms with Crippen LogP contribution in [0.25, 0.3) is 56.1 Å². The number of fused-ring (bicyclic) bond motifs is 2. The Morgan fingerprint density at radius 3 is 2.38 bits per heavy atom. The first kappa shape index (κ1) is 29.6. The Morgan fingerprint density at radius 2 is 1.73 bits per heavy atom. The van der Waals surface area contributed by atoms with Gasteiger partial charge in [-0.15, -0.1) is 0 Å². The molecule has 1 amide bonds. The lowest BCUT2D eigenvalue weighted by molar-refractivity contribution is 0.0964. The molecule has 6 aromatic rings. The topological polar surface area (TPSA) is 137 Å². The van der Waals surface area contributed by atoms with Crippen molar-refractivity contribution in [3.05, 3.63) is 78.2 Å². The molecular formula is C32H27FN4O7S. The number of nitrogens with zero attached hydrogens (tertiary/aromatic N) is 3. The second-order valence-electron chi connectivity index (χ2n) is 10.1. The summed E-state index contributed by atoms with van der Waals surface area (Å²) in [4.78, 5) is 22.1. The summed E-state index contributed by atoms with van der Waals surface area (Å²) in [6.07, 6.45) is 2.66.